The highest BCUT2D eigenvalue weighted by Gasteiger charge is 2.42. The molecule has 4 saturated carbocycles. The van der Waals surface area contributed by atoms with Gasteiger partial charge in [0, 0.05) is 239 Å². The quantitative estimate of drug-likeness (QED) is 0.0285. The molecule has 4 aliphatic carbocycles. The molecule has 0 atom stereocenters. The van der Waals surface area contributed by atoms with Crippen LogP contribution in [-0.2, 0) is 118 Å². The Morgan fingerprint density at radius 1 is 0.393 bits per heavy atom. The van der Waals surface area contributed by atoms with Crippen LogP contribution in [-0.4, -0.2) is 260 Å². The van der Waals surface area contributed by atoms with E-state index in [2.05, 4.69) is 91.2 Å². The molecule has 8 aromatic rings. The monoisotopic (exact) mass is 2050 g/mol. The molecule has 4 amide bonds. The number of carbonyl (C=O) groups is 4. The number of nitrogens with zero attached hydrogens (tertiary/aromatic N) is 16. The lowest BCUT2D eigenvalue weighted by Gasteiger charge is -2.35. The molecule has 16 rings (SSSR count). The summed E-state index contributed by atoms with van der Waals surface area (Å²) in [5.74, 6) is 1.10. The Bertz CT molecular complexity index is 5310. The minimum Gasteiger partial charge on any atom is -0.480 e. The first-order chi connectivity index (χ1) is 68.8. The molecule has 0 unspecified atom stereocenters. The molecule has 145 heavy (non-hydrogen) atoms. The van der Waals surface area contributed by atoms with Gasteiger partial charge in [-0.2, -0.15) is 62.9 Å². The summed E-state index contributed by atoms with van der Waals surface area (Å²) in [6, 6.07) is 14.2. The number of fused-ring (bicyclic) bond motifs is 4. The Labute approximate surface area is 835 Å². The van der Waals surface area contributed by atoms with Crippen LogP contribution in [0.5, 0.6) is 5.75 Å². The number of aryl methyl sites for hydroxylation is 8. The van der Waals surface area contributed by atoms with E-state index >= 15 is 17.6 Å². The lowest BCUT2D eigenvalue weighted by molar-refractivity contribution is -0.135. The zero-order valence-corrected chi connectivity index (χ0v) is 83.1. The summed E-state index contributed by atoms with van der Waals surface area (Å²) in [6.45, 7) is 11.8. The third kappa shape index (κ3) is 37.8. The Kier molecular flexibility index (Phi) is 39.4. The summed E-state index contributed by atoms with van der Waals surface area (Å²) in [5.41, 5.74) is 5.89. The fraction of sp³-hybridized carbons (Fsp3) is 0.650. The third-order valence-corrected chi connectivity index (χ3v) is 29.2. The number of rotatable bonds is 32. The van der Waals surface area contributed by atoms with Gasteiger partial charge in [0.2, 0.25) is 23.6 Å². The zero-order valence-electron chi connectivity index (χ0n) is 83.1. The van der Waals surface area contributed by atoms with Crippen molar-refractivity contribution in [3.05, 3.63) is 182 Å². The van der Waals surface area contributed by atoms with E-state index < -0.39 is 73.1 Å². The van der Waals surface area contributed by atoms with Crippen molar-refractivity contribution in [2.75, 3.05) is 85.1 Å². The number of carbonyl (C=O) groups excluding carboxylic acids is 4. The third-order valence-electron chi connectivity index (χ3n) is 29.2. The summed E-state index contributed by atoms with van der Waals surface area (Å²) in [5, 5.41) is 27.5. The van der Waals surface area contributed by atoms with Crippen LogP contribution in [0.3, 0.4) is 0 Å². The number of pyridine rings is 4. The van der Waals surface area contributed by atoms with Gasteiger partial charge >= 0.3 is 24.7 Å². The summed E-state index contributed by atoms with van der Waals surface area (Å²) in [4.78, 5) is 84.1. The van der Waals surface area contributed by atoms with Gasteiger partial charge in [0.25, 0.3) is 11.8 Å². The molecular formula is C103H136F16N20O6. The maximum atomic E-state index is 15.5. The van der Waals surface area contributed by atoms with Crippen LogP contribution in [0.4, 0.5) is 70.2 Å². The van der Waals surface area contributed by atoms with Gasteiger partial charge in [-0.1, -0.05) is 24.3 Å². The predicted molar refractivity (Wildman–Crippen MR) is 510 cm³/mol. The first kappa shape index (κ1) is 112. The summed E-state index contributed by atoms with van der Waals surface area (Å²) < 4.78 is 226. The number of aromatic nitrogens is 12. The van der Waals surface area contributed by atoms with Gasteiger partial charge in [-0.3, -0.25) is 48.5 Å². The molecule has 12 heterocycles. The van der Waals surface area contributed by atoms with Gasteiger partial charge in [-0.05, 0) is 239 Å². The first-order valence-corrected chi connectivity index (χ1v) is 51.0. The fourth-order valence-electron chi connectivity index (χ4n) is 20.3. The van der Waals surface area contributed by atoms with E-state index in [1.807, 2.05) is 37.5 Å². The minimum absolute atomic E-state index is 0.00310. The highest BCUT2D eigenvalue weighted by molar-refractivity contribution is 5.93. The second kappa shape index (κ2) is 51.0. The molecule has 4 fully saturated rings. The Morgan fingerprint density at radius 2 is 0.703 bits per heavy atom. The van der Waals surface area contributed by atoms with E-state index in [1.165, 1.54) is 12.4 Å². The Hall–Kier alpha value is -10.4. The van der Waals surface area contributed by atoms with E-state index in [-0.39, 0.29) is 98.8 Å². The Morgan fingerprint density at radius 3 is 1.01 bits per heavy atom. The molecule has 0 bridgehead atoms. The molecule has 8 aromatic heterocycles. The number of amides is 4. The van der Waals surface area contributed by atoms with Gasteiger partial charge in [-0.25, -0.2) is 27.5 Å². The molecule has 8 aliphatic rings. The molecule has 796 valence electrons. The minimum atomic E-state index is -4.19. The standard InChI is InChI=1S/C26H35F4N5O2.C26H35F4N5O.C26H33F4N5O.C25H33F4N5O2/c1-34-17-22(16-31-34)37-18-24(36)33-21-4-9-25(27,10-5-21)12-15-35-13-7-19-2-3-20(6-11-26(28,29)30)32-23(19)8-14-35;1-34-18-19(17-31-34)16-24(36)33-22-4-9-25(27,10-5-22)12-15-35-13-7-20-2-3-21(6-11-26(28,29)30)32-23(20)8-14-35;1-18-31-16-20(17-32-18)24(36)34-22-4-9-25(27,10-5-22)12-15-35-13-7-19-2-3-21(6-11-26(28,29)30)33-23(19)8-14-35;1-17-32-33-23(36-17)16-22(35)31-20-4-9-24(26,10-5-20)12-15-34-13-7-18-2-3-19(6-11-25(27,28)29)30-21(18)8-14-34/h2-3,16-17,21H,4-15,18H2,1H3,(H,33,36);2-3,17-18,22H,4-16H2,1H3,(H,33,36);2-3,16-17,22H,4-15H2,1H3,(H,34,36);2-3,20H,4-16H2,1H3,(H,31,35). The van der Waals surface area contributed by atoms with Gasteiger partial charge in [0.15, 0.2) is 12.4 Å². The summed E-state index contributed by atoms with van der Waals surface area (Å²) in [6.07, 6.45) is 4.86. The molecule has 0 radical (unpaired) electrons. The predicted octanol–water partition coefficient (Wildman–Crippen LogP) is 16.7. The van der Waals surface area contributed by atoms with Crippen molar-refractivity contribution in [2.24, 2.45) is 14.1 Å². The Balaban J connectivity index is 0.000000162. The van der Waals surface area contributed by atoms with E-state index in [4.69, 9.17) is 9.15 Å². The number of alkyl halides is 16. The second-order valence-corrected chi connectivity index (χ2v) is 40.6. The van der Waals surface area contributed by atoms with Crippen LogP contribution < -0.4 is 26.0 Å². The lowest BCUT2D eigenvalue weighted by atomic mass is 9.81. The topological polar surface area (TPSA) is 290 Å². The SMILES string of the molecule is Cc1ncc(C(=O)NC2CCC(F)(CCN3CCc4ccc(CCC(F)(F)F)nc4CC3)CC2)cn1.Cc1nnc(CC(=O)NC2CCC(F)(CCN3CCc4ccc(CCC(F)(F)F)nc4CC3)CC2)o1.Cn1cc(CC(=O)NC2CCC(F)(CCN3CCc4ccc(CCC(F)(F)F)nc4CC3)CC2)cn1.Cn1cc(OCC(=O)NC2CCC(F)(CCN3CCc4ccc(CCC(F)(F)F)nc4CC3)CC2)cn1. The van der Waals surface area contributed by atoms with Crippen LogP contribution in [0.1, 0.15) is 255 Å². The van der Waals surface area contributed by atoms with E-state index in [0.717, 1.165) is 116 Å². The highest BCUT2D eigenvalue weighted by atomic mass is 19.4. The van der Waals surface area contributed by atoms with Crippen LogP contribution >= 0.6 is 0 Å². The van der Waals surface area contributed by atoms with Crippen molar-refractivity contribution < 1.29 is 98.6 Å². The van der Waals surface area contributed by atoms with Crippen LogP contribution in [0.2, 0.25) is 0 Å². The molecule has 26 nitrogen and oxygen atoms in total. The van der Waals surface area contributed by atoms with Crippen molar-refractivity contribution >= 4 is 23.6 Å². The normalized spacial score (nSPS) is 23.1. The number of halogens is 16. The number of hydrogen-bond acceptors (Lipinski definition) is 20. The van der Waals surface area contributed by atoms with E-state index in [0.29, 0.717) is 239 Å². The smallest absolute Gasteiger partial charge is 0.389 e. The molecule has 0 saturated heterocycles. The van der Waals surface area contributed by atoms with Gasteiger partial charge in [0.1, 0.15) is 34.9 Å². The summed E-state index contributed by atoms with van der Waals surface area (Å²) in [7, 11) is 3.57. The molecular weight excluding hydrogens is 1920 g/mol. The van der Waals surface area contributed by atoms with Crippen molar-refractivity contribution in [3.8, 4) is 5.75 Å². The van der Waals surface area contributed by atoms with Crippen molar-refractivity contribution in [1.29, 1.82) is 0 Å². The van der Waals surface area contributed by atoms with E-state index in [9.17, 15) is 71.9 Å². The average molecular weight is 2050 g/mol. The number of ether oxygens (including phenoxy) is 1. The fourth-order valence-corrected chi connectivity index (χ4v) is 20.3. The lowest BCUT2D eigenvalue weighted by Crippen LogP contribution is -2.44. The van der Waals surface area contributed by atoms with Crippen molar-refractivity contribution in [1.82, 2.24) is 101 Å². The molecule has 0 spiro atoms. The number of nitrogens with one attached hydrogen (secondary N) is 4. The van der Waals surface area contributed by atoms with Crippen LogP contribution in [0.15, 0.2) is 90.1 Å². The largest absolute Gasteiger partial charge is 0.480 e. The van der Waals surface area contributed by atoms with Crippen molar-refractivity contribution in [2.45, 2.75) is 329 Å². The molecule has 42 heteroatoms. The average Bonchev–Trinajstić information content (AvgIpc) is 1.21. The highest BCUT2D eigenvalue weighted by Crippen LogP contribution is 2.41. The summed E-state index contributed by atoms with van der Waals surface area (Å²) >= 11 is 0. The maximum absolute atomic E-state index is 15.5. The molecule has 4 N–H and O–H groups in total. The second-order valence-electron chi connectivity index (χ2n) is 40.6. The maximum Gasteiger partial charge on any atom is 0.389 e. The first-order valence-electron chi connectivity index (χ1n) is 51.0. The van der Waals surface area contributed by atoms with Gasteiger partial charge < -0.3 is 50.0 Å². The molecule has 4 aliphatic heterocycles. The van der Waals surface area contributed by atoms with Crippen LogP contribution in [0.25, 0.3) is 0 Å². The van der Waals surface area contributed by atoms with Crippen LogP contribution in [0, 0.1) is 13.8 Å². The van der Waals surface area contributed by atoms with Gasteiger partial charge in [-0.15, -0.1) is 10.2 Å². The van der Waals surface area contributed by atoms with Gasteiger partial charge in [0.05, 0.1) is 30.6 Å². The van der Waals surface area contributed by atoms with Crippen molar-refractivity contribution in [3.63, 3.8) is 0 Å². The molecule has 0 aromatic carbocycles. The van der Waals surface area contributed by atoms with E-state index in [1.54, 1.807) is 73.1 Å². The number of hydrogen-bond donors (Lipinski definition) is 4. The zero-order chi connectivity index (χ0) is 104.